The van der Waals surface area contributed by atoms with Crippen molar-refractivity contribution in [3.63, 3.8) is 0 Å². The Bertz CT molecular complexity index is 828. The Kier molecular flexibility index (Phi) is 4.96. The molecule has 0 aliphatic carbocycles. The van der Waals surface area contributed by atoms with Gasteiger partial charge in [-0.3, -0.25) is 0 Å². The van der Waals surface area contributed by atoms with E-state index in [0.29, 0.717) is 28.4 Å². The Morgan fingerprint density at radius 3 is 2.41 bits per heavy atom. The Morgan fingerprint density at radius 2 is 1.78 bits per heavy atom. The standard InChI is InChI=1S/C21H21ClFNO3/c1-26-21(25)13-2-5-15(6-3-13)24-16-7-8-17(24)12-18(11-16)27-20-10-14(23)4-9-19(20)22/h2-6,9-10,16-18H,7-8,11-12H2,1H3. The van der Waals surface area contributed by atoms with Crippen LogP contribution in [0.2, 0.25) is 5.02 Å². The summed E-state index contributed by atoms with van der Waals surface area (Å²) < 4.78 is 24.3. The van der Waals surface area contributed by atoms with Crippen LogP contribution in [0.3, 0.4) is 0 Å². The first-order valence-corrected chi connectivity index (χ1v) is 9.51. The Morgan fingerprint density at radius 1 is 1.11 bits per heavy atom. The molecule has 142 valence electrons. The van der Waals surface area contributed by atoms with E-state index in [1.807, 2.05) is 12.1 Å². The maximum absolute atomic E-state index is 13.5. The molecular formula is C21H21ClFNO3. The first kappa shape index (κ1) is 18.1. The van der Waals surface area contributed by atoms with E-state index in [1.165, 1.54) is 25.3 Å². The van der Waals surface area contributed by atoms with Crippen LogP contribution in [0.5, 0.6) is 5.75 Å². The number of halogens is 2. The van der Waals surface area contributed by atoms with Crippen molar-refractivity contribution in [1.82, 2.24) is 0 Å². The van der Waals surface area contributed by atoms with Crippen molar-refractivity contribution < 1.29 is 18.7 Å². The zero-order chi connectivity index (χ0) is 19.0. The number of nitrogens with zero attached hydrogens (tertiary/aromatic N) is 1. The SMILES string of the molecule is COC(=O)c1ccc(N2C3CCC2CC(Oc2cc(F)ccc2Cl)C3)cc1. The van der Waals surface area contributed by atoms with Gasteiger partial charge in [-0.25, -0.2) is 9.18 Å². The molecule has 0 amide bonds. The Labute approximate surface area is 162 Å². The fourth-order valence-corrected chi connectivity index (χ4v) is 4.44. The summed E-state index contributed by atoms with van der Waals surface area (Å²) in [5.41, 5.74) is 1.66. The van der Waals surface area contributed by atoms with E-state index in [2.05, 4.69) is 4.90 Å². The number of carbonyl (C=O) groups is 1. The third-order valence-electron chi connectivity index (χ3n) is 5.46. The molecule has 0 radical (unpaired) electrons. The van der Waals surface area contributed by atoms with Crippen LogP contribution in [-0.4, -0.2) is 31.3 Å². The number of esters is 1. The molecule has 2 aliphatic rings. The van der Waals surface area contributed by atoms with Crippen LogP contribution in [0, 0.1) is 5.82 Å². The highest BCUT2D eigenvalue weighted by Gasteiger charge is 2.41. The monoisotopic (exact) mass is 389 g/mol. The van der Waals surface area contributed by atoms with Crippen molar-refractivity contribution in [2.75, 3.05) is 12.0 Å². The third kappa shape index (κ3) is 3.61. The van der Waals surface area contributed by atoms with Crippen LogP contribution in [-0.2, 0) is 4.74 Å². The molecule has 0 saturated carbocycles. The van der Waals surface area contributed by atoms with Gasteiger partial charge < -0.3 is 14.4 Å². The van der Waals surface area contributed by atoms with Crippen molar-refractivity contribution in [3.05, 3.63) is 58.9 Å². The summed E-state index contributed by atoms with van der Waals surface area (Å²) >= 11 is 6.14. The van der Waals surface area contributed by atoms with Gasteiger partial charge in [0.15, 0.2) is 0 Å². The number of carbonyl (C=O) groups excluding carboxylic acids is 1. The summed E-state index contributed by atoms with van der Waals surface area (Å²) in [6.45, 7) is 0. The second-order valence-electron chi connectivity index (χ2n) is 7.12. The van der Waals surface area contributed by atoms with Gasteiger partial charge in [-0.15, -0.1) is 0 Å². The predicted molar refractivity (Wildman–Crippen MR) is 102 cm³/mol. The number of anilines is 1. The zero-order valence-electron chi connectivity index (χ0n) is 15.0. The molecule has 6 heteroatoms. The van der Waals surface area contributed by atoms with Crippen LogP contribution in [0.1, 0.15) is 36.0 Å². The quantitative estimate of drug-likeness (QED) is 0.701. The molecule has 2 aromatic carbocycles. The van der Waals surface area contributed by atoms with Crippen LogP contribution < -0.4 is 9.64 Å². The number of hydrogen-bond acceptors (Lipinski definition) is 4. The second kappa shape index (κ2) is 7.39. The summed E-state index contributed by atoms with van der Waals surface area (Å²) in [4.78, 5) is 14.0. The lowest BCUT2D eigenvalue weighted by molar-refractivity contribution is 0.0601. The molecule has 2 aromatic rings. The first-order chi connectivity index (χ1) is 13.0. The summed E-state index contributed by atoms with van der Waals surface area (Å²) in [6, 6.07) is 12.5. The van der Waals surface area contributed by atoms with E-state index < -0.39 is 0 Å². The lowest BCUT2D eigenvalue weighted by atomic mass is 9.98. The number of ether oxygens (including phenoxy) is 2. The van der Waals surface area contributed by atoms with E-state index >= 15 is 0 Å². The van der Waals surface area contributed by atoms with Gasteiger partial charge in [0.05, 0.1) is 17.7 Å². The van der Waals surface area contributed by atoms with Crippen molar-refractivity contribution in [2.45, 2.75) is 43.9 Å². The Hall–Kier alpha value is -2.27. The highest BCUT2D eigenvalue weighted by molar-refractivity contribution is 6.32. The van der Waals surface area contributed by atoms with Gasteiger partial charge in [0.2, 0.25) is 0 Å². The molecule has 2 aliphatic heterocycles. The lowest BCUT2D eigenvalue weighted by Gasteiger charge is -2.40. The molecule has 2 bridgehead atoms. The molecular weight excluding hydrogens is 369 g/mol. The number of benzene rings is 2. The van der Waals surface area contributed by atoms with E-state index in [1.54, 1.807) is 12.1 Å². The largest absolute Gasteiger partial charge is 0.489 e. The molecule has 0 aromatic heterocycles. The highest BCUT2D eigenvalue weighted by atomic mass is 35.5. The van der Waals surface area contributed by atoms with Crippen LogP contribution >= 0.6 is 11.6 Å². The van der Waals surface area contributed by atoms with Gasteiger partial charge in [0.25, 0.3) is 0 Å². The van der Waals surface area contributed by atoms with E-state index in [4.69, 9.17) is 21.1 Å². The number of fused-ring (bicyclic) bond motifs is 2. The molecule has 0 spiro atoms. The summed E-state index contributed by atoms with van der Waals surface area (Å²) in [5.74, 6) is -0.263. The molecule has 2 heterocycles. The molecule has 2 saturated heterocycles. The molecule has 2 atom stereocenters. The number of rotatable bonds is 4. The maximum Gasteiger partial charge on any atom is 0.337 e. The summed E-state index contributed by atoms with van der Waals surface area (Å²) in [7, 11) is 1.38. The van der Waals surface area contributed by atoms with Crippen molar-refractivity contribution in [2.24, 2.45) is 0 Å². The number of methoxy groups -OCH3 is 1. The van der Waals surface area contributed by atoms with Gasteiger partial charge in [-0.2, -0.15) is 0 Å². The average Bonchev–Trinajstić information content (AvgIpc) is 2.94. The fourth-order valence-electron chi connectivity index (χ4n) is 4.28. The topological polar surface area (TPSA) is 38.8 Å². The fraction of sp³-hybridized carbons (Fsp3) is 0.381. The van der Waals surface area contributed by atoms with E-state index in [-0.39, 0.29) is 17.9 Å². The van der Waals surface area contributed by atoms with Gasteiger partial charge in [0, 0.05) is 36.7 Å². The average molecular weight is 390 g/mol. The molecule has 4 nitrogen and oxygen atoms in total. The molecule has 2 unspecified atom stereocenters. The smallest absolute Gasteiger partial charge is 0.337 e. The third-order valence-corrected chi connectivity index (χ3v) is 5.78. The lowest BCUT2D eigenvalue weighted by Crippen LogP contribution is -2.46. The molecule has 27 heavy (non-hydrogen) atoms. The van der Waals surface area contributed by atoms with Gasteiger partial charge in [-0.05, 0) is 49.2 Å². The van der Waals surface area contributed by atoms with Crippen molar-refractivity contribution in [3.8, 4) is 5.75 Å². The minimum absolute atomic E-state index is 0.0207. The summed E-state index contributed by atoms with van der Waals surface area (Å²) in [6.07, 6.45) is 3.94. The molecule has 0 N–H and O–H groups in total. The van der Waals surface area contributed by atoms with Gasteiger partial charge in [-0.1, -0.05) is 11.6 Å². The molecule has 2 fully saturated rings. The van der Waals surface area contributed by atoms with Crippen molar-refractivity contribution in [1.29, 1.82) is 0 Å². The van der Waals surface area contributed by atoms with Gasteiger partial charge >= 0.3 is 5.97 Å². The second-order valence-corrected chi connectivity index (χ2v) is 7.52. The maximum atomic E-state index is 13.5. The minimum atomic E-state index is -0.347. The van der Waals surface area contributed by atoms with E-state index in [0.717, 1.165) is 31.4 Å². The highest BCUT2D eigenvalue weighted by Crippen LogP contribution is 2.41. The first-order valence-electron chi connectivity index (χ1n) is 9.13. The normalized spacial score (nSPS) is 24.0. The van der Waals surface area contributed by atoms with Crippen molar-refractivity contribution >= 4 is 23.3 Å². The zero-order valence-corrected chi connectivity index (χ0v) is 15.8. The minimum Gasteiger partial charge on any atom is -0.489 e. The van der Waals surface area contributed by atoms with E-state index in [9.17, 15) is 9.18 Å². The Balaban J connectivity index is 1.47. The summed E-state index contributed by atoms with van der Waals surface area (Å²) in [5, 5.41) is 0.435. The van der Waals surface area contributed by atoms with Crippen LogP contribution in [0.25, 0.3) is 0 Å². The predicted octanol–water partition coefficient (Wildman–Crippen LogP) is 4.84. The van der Waals surface area contributed by atoms with Crippen LogP contribution in [0.15, 0.2) is 42.5 Å². The molecule has 4 rings (SSSR count). The van der Waals surface area contributed by atoms with Crippen LogP contribution in [0.4, 0.5) is 10.1 Å². The number of piperidine rings is 1. The van der Waals surface area contributed by atoms with Gasteiger partial charge in [0.1, 0.15) is 17.7 Å². The number of hydrogen-bond donors (Lipinski definition) is 0.